The normalized spacial score (nSPS) is 10.8. The van der Waals surface area contributed by atoms with E-state index in [-0.39, 0.29) is 6.54 Å². The van der Waals surface area contributed by atoms with E-state index in [0.717, 1.165) is 16.9 Å². The molecule has 0 radical (unpaired) electrons. The number of methoxy groups -OCH3 is 2. The number of carbonyl (C=O) groups excluding carboxylic acids is 2. The number of benzene rings is 2. The second kappa shape index (κ2) is 11.1. The minimum atomic E-state index is -0.551. The molecule has 10 nitrogen and oxygen atoms in total. The first-order valence-electron chi connectivity index (χ1n) is 8.24. The lowest BCUT2D eigenvalue weighted by Crippen LogP contribution is -2.37. The fraction of sp³-hybridized carbons (Fsp3) is 0.222. The predicted octanol–water partition coefficient (Wildman–Crippen LogP) is 3.20. The van der Waals surface area contributed by atoms with Gasteiger partial charge in [0.25, 0.3) is 5.91 Å². The molecule has 0 fully saturated rings. The Bertz CT molecular complexity index is 892. The number of para-hydroxylation sites is 2. The molecule has 2 amide bonds. The van der Waals surface area contributed by atoms with Gasteiger partial charge in [-0.2, -0.15) is 16.1 Å². The van der Waals surface area contributed by atoms with Gasteiger partial charge in [0.2, 0.25) is 5.91 Å². The third-order valence-corrected chi connectivity index (χ3v) is 4.19. The van der Waals surface area contributed by atoms with E-state index in [0.29, 0.717) is 27.8 Å². The minimum absolute atomic E-state index is 0.337. The van der Waals surface area contributed by atoms with Gasteiger partial charge >= 0.3 is 0 Å². The summed E-state index contributed by atoms with van der Waals surface area (Å²) < 4.78 is 15.0. The van der Waals surface area contributed by atoms with Gasteiger partial charge in [0.05, 0.1) is 31.9 Å². The lowest BCUT2D eigenvalue weighted by atomic mass is 10.2. The van der Waals surface area contributed by atoms with Crippen LogP contribution in [-0.2, 0) is 18.9 Å². The van der Waals surface area contributed by atoms with Crippen LogP contribution in [0.25, 0.3) is 0 Å². The molecular formula is C18H20N4O6S. The highest BCUT2D eigenvalue weighted by Crippen LogP contribution is 2.33. The van der Waals surface area contributed by atoms with Crippen molar-refractivity contribution in [3.63, 3.8) is 0 Å². The van der Waals surface area contributed by atoms with Crippen molar-refractivity contribution in [1.29, 1.82) is 0 Å². The van der Waals surface area contributed by atoms with E-state index in [2.05, 4.69) is 19.6 Å². The van der Waals surface area contributed by atoms with Gasteiger partial charge in [-0.3, -0.25) is 9.59 Å². The highest BCUT2D eigenvalue weighted by atomic mass is 32.2. The van der Waals surface area contributed by atoms with Crippen LogP contribution in [-0.4, -0.2) is 32.6 Å². The Balaban J connectivity index is 2.15. The molecule has 2 N–H and O–H groups in total. The Morgan fingerprint density at radius 2 is 1.83 bits per heavy atom. The van der Waals surface area contributed by atoms with Crippen LogP contribution in [0.1, 0.15) is 6.92 Å². The van der Waals surface area contributed by atoms with Crippen LogP contribution in [0.2, 0.25) is 0 Å². The molecule has 11 heteroatoms. The predicted molar refractivity (Wildman–Crippen MR) is 106 cm³/mol. The standard InChI is InChI=1S/C18H20N4O6S/c1-12(23)22(15-6-4-5-7-16(15)25-2)18(24)11-20-21-14-9-8-13(29-28-27-19)10-17(14)26-3/h4-10H,11,19H2,1-3H3. The van der Waals surface area contributed by atoms with E-state index < -0.39 is 11.8 Å². The Kier molecular flexibility index (Phi) is 8.55. The molecule has 0 unspecified atom stereocenters. The van der Waals surface area contributed by atoms with Crippen LogP contribution in [0.15, 0.2) is 57.6 Å². The molecule has 0 aliphatic carbocycles. The second-order valence-corrected chi connectivity index (χ2v) is 6.17. The van der Waals surface area contributed by atoms with Crippen molar-refractivity contribution in [3.8, 4) is 11.5 Å². The largest absolute Gasteiger partial charge is 0.495 e. The average molecular weight is 420 g/mol. The summed E-state index contributed by atoms with van der Waals surface area (Å²) in [5.74, 6) is 4.59. The van der Waals surface area contributed by atoms with Crippen LogP contribution in [0.3, 0.4) is 0 Å². The number of nitrogens with zero attached hydrogens (tertiary/aromatic N) is 3. The third-order valence-electron chi connectivity index (χ3n) is 3.60. The van der Waals surface area contributed by atoms with E-state index in [9.17, 15) is 9.59 Å². The Hall–Kier alpha value is -2.99. The molecule has 154 valence electrons. The van der Waals surface area contributed by atoms with Gasteiger partial charge in [0.15, 0.2) is 0 Å². The molecule has 0 saturated heterocycles. The molecule has 0 atom stereocenters. The third kappa shape index (κ3) is 5.99. The molecule has 0 aliphatic heterocycles. The van der Waals surface area contributed by atoms with Crippen molar-refractivity contribution in [3.05, 3.63) is 42.5 Å². The van der Waals surface area contributed by atoms with Crippen LogP contribution in [0, 0.1) is 0 Å². The van der Waals surface area contributed by atoms with E-state index >= 15 is 0 Å². The van der Waals surface area contributed by atoms with E-state index in [1.165, 1.54) is 21.1 Å². The highest BCUT2D eigenvalue weighted by Gasteiger charge is 2.23. The number of anilines is 1. The van der Waals surface area contributed by atoms with Gasteiger partial charge in [-0.05, 0) is 30.3 Å². The lowest BCUT2D eigenvalue weighted by Gasteiger charge is -2.20. The monoisotopic (exact) mass is 420 g/mol. The SMILES string of the molecule is COc1cc(SOON)ccc1N=NCC(=O)N(C(C)=O)c1ccccc1OC. The molecule has 29 heavy (non-hydrogen) atoms. The molecule has 0 bridgehead atoms. The van der Waals surface area contributed by atoms with E-state index in [4.69, 9.17) is 15.4 Å². The summed E-state index contributed by atoms with van der Waals surface area (Å²) in [4.78, 5) is 30.3. The van der Waals surface area contributed by atoms with Crippen LogP contribution >= 0.6 is 12.0 Å². The molecule has 0 aromatic heterocycles. The summed E-state index contributed by atoms with van der Waals surface area (Å²) in [7, 11) is 2.92. The van der Waals surface area contributed by atoms with Crippen molar-refractivity contribution in [2.45, 2.75) is 11.8 Å². The Morgan fingerprint density at radius 3 is 2.48 bits per heavy atom. The first-order chi connectivity index (χ1) is 14.0. The number of hydrogen-bond acceptors (Lipinski definition) is 10. The summed E-state index contributed by atoms with van der Waals surface area (Å²) in [5.41, 5.74) is 0.730. The van der Waals surface area contributed by atoms with Gasteiger partial charge in [0, 0.05) is 11.8 Å². The number of amides is 2. The van der Waals surface area contributed by atoms with E-state index in [1.54, 1.807) is 42.5 Å². The molecule has 0 aliphatic rings. The van der Waals surface area contributed by atoms with E-state index in [1.807, 2.05) is 0 Å². The number of azo groups is 1. The van der Waals surface area contributed by atoms with Crippen LogP contribution < -0.4 is 20.3 Å². The molecule has 2 rings (SSSR count). The molecule has 2 aromatic rings. The maximum atomic E-state index is 12.6. The first-order valence-corrected chi connectivity index (χ1v) is 8.98. The number of ether oxygens (including phenoxy) is 2. The van der Waals surface area contributed by atoms with Crippen molar-refractivity contribution >= 4 is 35.2 Å². The highest BCUT2D eigenvalue weighted by molar-refractivity contribution is 7.94. The van der Waals surface area contributed by atoms with Gasteiger partial charge < -0.3 is 9.47 Å². The minimum Gasteiger partial charge on any atom is -0.495 e. The first kappa shape index (κ1) is 22.3. The molecule has 2 aromatic carbocycles. The molecule has 0 spiro atoms. The maximum absolute atomic E-state index is 12.6. The van der Waals surface area contributed by atoms with Crippen molar-refractivity contribution in [1.82, 2.24) is 0 Å². The van der Waals surface area contributed by atoms with Crippen molar-refractivity contribution < 1.29 is 28.4 Å². The maximum Gasteiger partial charge on any atom is 0.257 e. The fourth-order valence-electron chi connectivity index (χ4n) is 2.39. The summed E-state index contributed by atoms with van der Waals surface area (Å²) >= 11 is 0.886. The van der Waals surface area contributed by atoms with Gasteiger partial charge in [-0.25, -0.2) is 4.90 Å². The zero-order valence-electron chi connectivity index (χ0n) is 16.0. The Morgan fingerprint density at radius 1 is 1.10 bits per heavy atom. The van der Waals surface area contributed by atoms with Gasteiger partial charge in [0.1, 0.15) is 23.7 Å². The molecule has 0 saturated carbocycles. The zero-order valence-corrected chi connectivity index (χ0v) is 16.8. The van der Waals surface area contributed by atoms with Gasteiger partial charge in [-0.1, -0.05) is 12.1 Å². The van der Waals surface area contributed by atoms with Crippen LogP contribution in [0.4, 0.5) is 11.4 Å². The number of imide groups is 1. The lowest BCUT2D eigenvalue weighted by molar-refractivity contribution is -0.195. The fourth-order valence-corrected chi connectivity index (χ4v) is 2.78. The van der Waals surface area contributed by atoms with Crippen molar-refractivity contribution in [2.24, 2.45) is 16.1 Å². The smallest absolute Gasteiger partial charge is 0.257 e. The summed E-state index contributed by atoms with van der Waals surface area (Å²) in [6, 6.07) is 11.6. The number of carbonyl (C=O) groups is 2. The second-order valence-electron chi connectivity index (χ2n) is 5.40. The molecular weight excluding hydrogens is 400 g/mol. The van der Waals surface area contributed by atoms with Crippen molar-refractivity contribution in [2.75, 3.05) is 25.7 Å². The van der Waals surface area contributed by atoms with Crippen LogP contribution in [0.5, 0.6) is 11.5 Å². The summed E-state index contributed by atoms with van der Waals surface area (Å²) in [6.45, 7) is 0.940. The number of rotatable bonds is 9. The van der Waals surface area contributed by atoms with Gasteiger partial charge in [-0.15, -0.1) is 9.32 Å². The Labute approximate surface area is 171 Å². The average Bonchev–Trinajstić information content (AvgIpc) is 2.73. The quantitative estimate of drug-likeness (QED) is 0.284. The number of hydrogen-bond donors (Lipinski definition) is 1. The summed E-state index contributed by atoms with van der Waals surface area (Å²) in [5, 5.41) is 7.92. The number of nitrogens with two attached hydrogens (primary N) is 1. The topological polar surface area (TPSA) is 125 Å². The zero-order chi connectivity index (χ0) is 21.2. The molecule has 0 heterocycles. The summed E-state index contributed by atoms with van der Waals surface area (Å²) in [6.07, 6.45) is 0.